The van der Waals surface area contributed by atoms with Crippen molar-refractivity contribution >= 4 is 30.0 Å². The summed E-state index contributed by atoms with van der Waals surface area (Å²) in [5.41, 5.74) is -1.02. The summed E-state index contributed by atoms with van der Waals surface area (Å²) in [7, 11) is 0. The Morgan fingerprint density at radius 2 is 1.27 bits per heavy atom. The van der Waals surface area contributed by atoms with E-state index in [1.807, 2.05) is 71.9 Å². The van der Waals surface area contributed by atoms with Gasteiger partial charge in [-0.3, -0.25) is 4.79 Å². The Kier molecular flexibility index (Phi) is 12.4. The Morgan fingerprint density at radius 3 is 1.73 bits per heavy atom. The van der Waals surface area contributed by atoms with Crippen LogP contribution in [-0.4, -0.2) is 64.0 Å². The number of ether oxygens (including phenoxy) is 1. The molecule has 0 spiro atoms. The summed E-state index contributed by atoms with van der Waals surface area (Å²) in [6.07, 6.45) is -0.712. The molecule has 12 nitrogen and oxygen atoms in total. The molecule has 0 radical (unpaired) electrons. The highest BCUT2D eigenvalue weighted by Gasteiger charge is 2.55. The van der Waals surface area contributed by atoms with Gasteiger partial charge in [-0.1, -0.05) is 71.9 Å². The molecule has 1 aromatic rings. The number of unbranched alkanes of at least 4 members (excludes halogenated alkanes) is 1. The second-order valence-corrected chi connectivity index (χ2v) is 11.7. The Morgan fingerprint density at radius 1 is 0.775 bits per heavy atom. The minimum absolute atomic E-state index is 0.0181. The second-order valence-electron chi connectivity index (χ2n) is 11.7. The molecular weight excluding hydrogens is 522 g/mol. The molecule has 0 heterocycles. The topological polar surface area (TPSA) is 191 Å². The summed E-state index contributed by atoms with van der Waals surface area (Å²) in [5.74, 6) is -3.98. The maximum atomic E-state index is 13.0. The minimum Gasteiger partial charge on any atom is -0.481 e. The number of carbonyl (C=O) groups excluding carboxylic acids is 2. The Bertz CT molecular complexity index is 1020. The Labute approximate surface area is 234 Å². The van der Waals surface area contributed by atoms with Crippen LogP contribution in [0.3, 0.4) is 0 Å². The quantitative estimate of drug-likeness (QED) is 0.181. The fourth-order valence-corrected chi connectivity index (χ4v) is 5.01. The van der Waals surface area contributed by atoms with E-state index in [-0.39, 0.29) is 19.4 Å². The summed E-state index contributed by atoms with van der Waals surface area (Å²) < 4.78 is 6.17. The molecule has 3 amide bonds. The van der Waals surface area contributed by atoms with Gasteiger partial charge in [-0.15, -0.1) is 0 Å². The lowest BCUT2D eigenvalue weighted by Crippen LogP contribution is -2.54. The van der Waals surface area contributed by atoms with E-state index in [9.17, 15) is 29.1 Å². The van der Waals surface area contributed by atoms with Crippen molar-refractivity contribution in [3.05, 3.63) is 35.9 Å². The summed E-state index contributed by atoms with van der Waals surface area (Å²) >= 11 is 0. The van der Waals surface area contributed by atoms with E-state index in [0.717, 1.165) is 5.56 Å². The number of amides is 3. The van der Waals surface area contributed by atoms with Crippen LogP contribution in [0.1, 0.15) is 79.2 Å². The number of carboxylic acids is 3. The van der Waals surface area contributed by atoms with E-state index in [2.05, 4.69) is 16.0 Å². The third kappa shape index (κ3) is 9.73. The average molecular weight is 566 g/mol. The van der Waals surface area contributed by atoms with Crippen molar-refractivity contribution in [2.45, 2.75) is 91.3 Å². The number of hydrogen-bond donors (Lipinski definition) is 6. The summed E-state index contributed by atoms with van der Waals surface area (Å²) in [5, 5.41) is 34.3. The first-order chi connectivity index (χ1) is 18.4. The van der Waals surface area contributed by atoms with E-state index in [4.69, 9.17) is 14.9 Å². The number of carboxylic acid groups (broad SMARTS) is 3. The van der Waals surface area contributed by atoms with Gasteiger partial charge in [0.25, 0.3) is 0 Å². The van der Waals surface area contributed by atoms with Crippen LogP contribution in [0.4, 0.5) is 9.59 Å². The molecule has 1 aromatic carbocycles. The molecule has 0 bridgehead atoms. The Hall–Kier alpha value is -3.83. The molecular formula is C28H43N3O9. The van der Waals surface area contributed by atoms with Crippen LogP contribution < -0.4 is 16.0 Å². The summed E-state index contributed by atoms with van der Waals surface area (Å²) in [6.45, 7) is 12.3. The first-order valence-electron chi connectivity index (χ1n) is 13.2. The molecule has 6 N–H and O–H groups in total. The van der Waals surface area contributed by atoms with E-state index in [0.29, 0.717) is 12.8 Å². The van der Waals surface area contributed by atoms with Crippen LogP contribution in [0.2, 0.25) is 0 Å². The molecule has 2 atom stereocenters. The molecule has 0 saturated heterocycles. The summed E-state index contributed by atoms with van der Waals surface area (Å²) in [6, 6.07) is 5.73. The van der Waals surface area contributed by atoms with Crippen molar-refractivity contribution < 1.29 is 44.0 Å². The Balaban J connectivity index is 2.72. The smallest absolute Gasteiger partial charge is 0.408 e. The fraction of sp³-hybridized carbons (Fsp3) is 0.607. The molecule has 0 saturated carbocycles. The van der Waals surface area contributed by atoms with Gasteiger partial charge >= 0.3 is 30.0 Å². The summed E-state index contributed by atoms with van der Waals surface area (Å²) in [4.78, 5) is 58.6. The molecule has 0 aliphatic rings. The lowest BCUT2D eigenvalue weighted by Gasteiger charge is -2.52. The molecule has 0 aliphatic carbocycles. The molecule has 224 valence electrons. The molecule has 0 aliphatic heterocycles. The maximum absolute atomic E-state index is 13.0. The number of hydrogen-bond acceptors (Lipinski definition) is 6. The second kappa shape index (κ2) is 14.5. The number of carbonyl (C=O) groups is 5. The van der Waals surface area contributed by atoms with E-state index >= 15 is 0 Å². The molecule has 2 unspecified atom stereocenters. The van der Waals surface area contributed by atoms with Gasteiger partial charge in [0, 0.05) is 23.8 Å². The van der Waals surface area contributed by atoms with Crippen LogP contribution >= 0.6 is 0 Å². The van der Waals surface area contributed by atoms with E-state index < -0.39 is 65.0 Å². The number of alkyl carbamates (subject to hydrolysis) is 1. The van der Waals surface area contributed by atoms with Gasteiger partial charge in [0.1, 0.15) is 17.7 Å². The third-order valence-electron chi connectivity index (χ3n) is 6.58. The zero-order valence-corrected chi connectivity index (χ0v) is 24.1. The first kappa shape index (κ1) is 34.2. The van der Waals surface area contributed by atoms with Crippen molar-refractivity contribution in [1.82, 2.24) is 16.0 Å². The molecule has 0 fully saturated rings. The van der Waals surface area contributed by atoms with Crippen molar-refractivity contribution in [3.8, 4) is 0 Å². The monoisotopic (exact) mass is 565 g/mol. The molecule has 12 heteroatoms. The van der Waals surface area contributed by atoms with Gasteiger partial charge in [0.2, 0.25) is 0 Å². The lowest BCUT2D eigenvalue weighted by molar-refractivity contribution is -0.147. The van der Waals surface area contributed by atoms with Crippen LogP contribution in [0.5, 0.6) is 0 Å². The first-order valence-corrected chi connectivity index (χ1v) is 13.2. The fourth-order valence-electron chi connectivity index (χ4n) is 5.01. The SMILES string of the molecule is CC(C)(C)C(OC(=O)NCCCCC(NC(=O)NC(CCC(=O)O)C(=O)O)C(=O)O)(c1ccccc1)C(C)(C)C. The predicted molar refractivity (Wildman–Crippen MR) is 147 cm³/mol. The highest BCUT2D eigenvalue weighted by Crippen LogP contribution is 2.54. The third-order valence-corrected chi connectivity index (χ3v) is 6.58. The van der Waals surface area contributed by atoms with Crippen LogP contribution in [0.25, 0.3) is 0 Å². The number of aliphatic carboxylic acids is 3. The lowest BCUT2D eigenvalue weighted by atomic mass is 9.59. The van der Waals surface area contributed by atoms with Crippen LogP contribution in [0, 0.1) is 10.8 Å². The predicted octanol–water partition coefficient (Wildman–Crippen LogP) is 3.94. The van der Waals surface area contributed by atoms with E-state index in [1.54, 1.807) is 0 Å². The van der Waals surface area contributed by atoms with Crippen molar-refractivity contribution in [3.63, 3.8) is 0 Å². The van der Waals surface area contributed by atoms with Crippen LogP contribution in [0.15, 0.2) is 30.3 Å². The standard InChI is InChI=1S/C28H43N3O9/c1-26(2,3)28(27(4,5)6,18-12-8-7-9-13-18)40-25(39)29-17-11-10-14-19(22(34)35)30-24(38)31-20(23(36)37)15-16-21(32)33/h7-9,12-13,19-20H,10-11,14-17H2,1-6H3,(H,29,39)(H,32,33)(H,34,35)(H,36,37)(H2,30,31,38). The van der Waals surface area contributed by atoms with Gasteiger partial charge in [0.15, 0.2) is 0 Å². The van der Waals surface area contributed by atoms with Gasteiger partial charge in [-0.25, -0.2) is 19.2 Å². The zero-order valence-electron chi connectivity index (χ0n) is 24.1. The zero-order chi connectivity index (χ0) is 30.7. The van der Waals surface area contributed by atoms with Crippen LogP contribution in [-0.2, 0) is 24.7 Å². The molecule has 0 aromatic heterocycles. The largest absolute Gasteiger partial charge is 0.481 e. The number of nitrogens with one attached hydrogen (secondary N) is 3. The highest BCUT2D eigenvalue weighted by atomic mass is 16.6. The average Bonchev–Trinajstić information content (AvgIpc) is 2.82. The molecule has 40 heavy (non-hydrogen) atoms. The highest BCUT2D eigenvalue weighted by molar-refractivity contribution is 5.86. The van der Waals surface area contributed by atoms with Crippen molar-refractivity contribution in [1.29, 1.82) is 0 Å². The molecule has 1 rings (SSSR count). The van der Waals surface area contributed by atoms with Gasteiger partial charge in [0.05, 0.1) is 0 Å². The number of urea groups is 1. The van der Waals surface area contributed by atoms with E-state index in [1.165, 1.54) is 0 Å². The van der Waals surface area contributed by atoms with Crippen molar-refractivity contribution in [2.24, 2.45) is 10.8 Å². The van der Waals surface area contributed by atoms with Crippen molar-refractivity contribution in [2.75, 3.05) is 6.54 Å². The van der Waals surface area contributed by atoms with Gasteiger partial charge in [-0.2, -0.15) is 0 Å². The van der Waals surface area contributed by atoms with Gasteiger partial charge in [-0.05, 0) is 31.2 Å². The minimum atomic E-state index is -1.48. The number of rotatable bonds is 14. The van der Waals surface area contributed by atoms with Gasteiger partial charge < -0.3 is 36.0 Å². The normalized spacial score (nSPS) is 13.4. The number of benzene rings is 1. The maximum Gasteiger partial charge on any atom is 0.408 e.